The van der Waals surface area contributed by atoms with E-state index in [1.807, 2.05) is 0 Å². The lowest BCUT2D eigenvalue weighted by atomic mass is 10.1. The quantitative estimate of drug-likeness (QED) is 0.0345. The standard InChI is InChI=1S/C67H116O5/c1-4-7-10-13-16-19-22-25-28-31-33-35-38-41-44-47-50-53-56-59-62-70-63-65(72-67(69)61-58-55-52-49-46-43-40-36-30-27-24-21-18-15-12-9-6-3)64-71-66(68)60-57-54-51-48-45-42-39-37-34-32-29-26-23-20-17-14-11-8-5-2/h9,12,16,18-19,21,25-30,40,43,49,52,65H,4-8,10-11,13-15,17,20,22-24,31-39,41-42,44-48,50-51,53-64H2,1-3H3/b12-9-,19-16-,21-18-,28-25-,29-26-,30-27-,43-40-,52-49-. The second-order valence-corrected chi connectivity index (χ2v) is 20.2. The predicted octanol–water partition coefficient (Wildman–Crippen LogP) is 21.4. The summed E-state index contributed by atoms with van der Waals surface area (Å²) in [6.07, 6.45) is 84.4. The van der Waals surface area contributed by atoms with Gasteiger partial charge < -0.3 is 14.2 Å². The van der Waals surface area contributed by atoms with Crippen molar-refractivity contribution in [2.75, 3.05) is 19.8 Å². The smallest absolute Gasteiger partial charge is 0.306 e. The average Bonchev–Trinajstić information content (AvgIpc) is 3.38. The fourth-order valence-electron chi connectivity index (χ4n) is 8.51. The molecule has 0 fully saturated rings. The monoisotopic (exact) mass is 1000 g/mol. The number of ether oxygens (including phenoxy) is 3. The molecule has 5 heteroatoms. The van der Waals surface area contributed by atoms with Crippen LogP contribution in [0.5, 0.6) is 0 Å². The van der Waals surface area contributed by atoms with Crippen molar-refractivity contribution in [1.82, 2.24) is 0 Å². The van der Waals surface area contributed by atoms with E-state index in [0.29, 0.717) is 19.4 Å². The highest BCUT2D eigenvalue weighted by Crippen LogP contribution is 2.15. The Kier molecular flexibility index (Phi) is 59.4. The Balaban J connectivity index is 4.35. The first-order valence-electron chi connectivity index (χ1n) is 30.8. The van der Waals surface area contributed by atoms with Crippen molar-refractivity contribution >= 4 is 11.9 Å². The van der Waals surface area contributed by atoms with E-state index in [-0.39, 0.29) is 25.2 Å². The summed E-state index contributed by atoms with van der Waals surface area (Å²) in [5.74, 6) is -0.462. The molecule has 0 rings (SSSR count). The van der Waals surface area contributed by atoms with Gasteiger partial charge in [0.05, 0.1) is 6.61 Å². The van der Waals surface area contributed by atoms with Gasteiger partial charge in [-0.15, -0.1) is 0 Å². The van der Waals surface area contributed by atoms with E-state index >= 15 is 0 Å². The molecule has 0 spiro atoms. The van der Waals surface area contributed by atoms with Gasteiger partial charge in [-0.1, -0.05) is 259 Å². The molecular weight excluding hydrogens is 885 g/mol. The maximum absolute atomic E-state index is 12.9. The molecule has 414 valence electrons. The predicted molar refractivity (Wildman–Crippen MR) is 316 cm³/mol. The summed E-state index contributed by atoms with van der Waals surface area (Å²) in [4.78, 5) is 25.6. The molecule has 1 unspecified atom stereocenters. The Labute approximate surface area is 447 Å². The molecule has 0 aliphatic carbocycles. The van der Waals surface area contributed by atoms with Gasteiger partial charge in [0.1, 0.15) is 6.61 Å². The molecule has 1 atom stereocenters. The number of hydrogen-bond donors (Lipinski definition) is 0. The van der Waals surface area contributed by atoms with Crippen molar-refractivity contribution < 1.29 is 23.8 Å². The van der Waals surface area contributed by atoms with Crippen molar-refractivity contribution in [3.8, 4) is 0 Å². The second-order valence-electron chi connectivity index (χ2n) is 20.2. The lowest BCUT2D eigenvalue weighted by Gasteiger charge is -2.18. The normalized spacial score (nSPS) is 12.9. The van der Waals surface area contributed by atoms with Crippen LogP contribution in [0.2, 0.25) is 0 Å². The van der Waals surface area contributed by atoms with E-state index in [2.05, 4.69) is 118 Å². The highest BCUT2D eigenvalue weighted by atomic mass is 16.6. The van der Waals surface area contributed by atoms with Crippen LogP contribution in [0, 0.1) is 0 Å². The number of allylic oxidation sites excluding steroid dienone is 16. The molecule has 5 nitrogen and oxygen atoms in total. The summed E-state index contributed by atoms with van der Waals surface area (Å²) in [6.45, 7) is 7.64. The molecule has 0 saturated heterocycles. The SMILES string of the molecule is CC/C=C\C/C=C\C/C=C\C/C=C\C/C=C\CCCC(=O)OC(COCCCCCCCCCCCC/C=C\C/C=C\CCCCC)COC(=O)CCCCCCCCCCC/C=C\CCCCCCCC. The van der Waals surface area contributed by atoms with E-state index in [0.717, 1.165) is 77.0 Å². The molecule has 72 heavy (non-hydrogen) atoms. The molecular formula is C67H116O5. The number of carbonyl (C=O) groups excluding carboxylic acids is 2. The Bertz CT molecular complexity index is 1360. The van der Waals surface area contributed by atoms with Gasteiger partial charge >= 0.3 is 11.9 Å². The summed E-state index contributed by atoms with van der Waals surface area (Å²) in [5, 5.41) is 0. The number of hydrogen-bond acceptors (Lipinski definition) is 5. The van der Waals surface area contributed by atoms with Gasteiger partial charge in [0.15, 0.2) is 6.10 Å². The summed E-state index contributed by atoms with van der Waals surface area (Å²) >= 11 is 0. The number of rotatable bonds is 56. The maximum Gasteiger partial charge on any atom is 0.306 e. The number of carbonyl (C=O) groups is 2. The van der Waals surface area contributed by atoms with E-state index in [4.69, 9.17) is 14.2 Å². The topological polar surface area (TPSA) is 61.8 Å². The molecule has 0 N–H and O–H groups in total. The molecule has 0 aromatic carbocycles. The van der Waals surface area contributed by atoms with Crippen LogP contribution in [-0.2, 0) is 23.8 Å². The van der Waals surface area contributed by atoms with Gasteiger partial charge in [-0.3, -0.25) is 9.59 Å². The first-order valence-corrected chi connectivity index (χ1v) is 30.8. The fourth-order valence-corrected chi connectivity index (χ4v) is 8.51. The molecule has 0 aliphatic rings. The van der Waals surface area contributed by atoms with Crippen LogP contribution in [0.3, 0.4) is 0 Å². The number of esters is 2. The zero-order valence-electron chi connectivity index (χ0n) is 47.7. The molecule has 0 aliphatic heterocycles. The lowest BCUT2D eigenvalue weighted by Crippen LogP contribution is -2.30. The average molecular weight is 1000 g/mol. The Morgan fingerprint density at radius 1 is 0.319 bits per heavy atom. The number of unbranched alkanes of at least 4 members (excludes halogenated alkanes) is 29. The second kappa shape index (κ2) is 62.1. The van der Waals surface area contributed by atoms with E-state index in [1.165, 1.54) is 180 Å². The molecule has 0 aromatic rings. The Morgan fingerprint density at radius 3 is 1.08 bits per heavy atom. The fraction of sp³-hybridized carbons (Fsp3) is 0.731. The van der Waals surface area contributed by atoms with Crippen molar-refractivity contribution in [3.05, 3.63) is 97.2 Å². The maximum atomic E-state index is 12.9. The Hall–Kier alpha value is -3.18. The van der Waals surface area contributed by atoms with Crippen LogP contribution >= 0.6 is 0 Å². The molecule has 0 bridgehead atoms. The van der Waals surface area contributed by atoms with Gasteiger partial charge in [0.2, 0.25) is 0 Å². The van der Waals surface area contributed by atoms with Crippen LogP contribution in [0.4, 0.5) is 0 Å². The molecule has 0 aromatic heterocycles. The first kappa shape index (κ1) is 68.8. The van der Waals surface area contributed by atoms with Gasteiger partial charge in [-0.05, 0) is 116 Å². The molecule has 0 heterocycles. The van der Waals surface area contributed by atoms with Gasteiger partial charge in [-0.2, -0.15) is 0 Å². The van der Waals surface area contributed by atoms with Crippen molar-refractivity contribution in [2.45, 2.75) is 297 Å². The molecule has 0 saturated carbocycles. The lowest BCUT2D eigenvalue weighted by molar-refractivity contribution is -0.162. The minimum absolute atomic E-state index is 0.0574. The van der Waals surface area contributed by atoms with Crippen LogP contribution in [0.1, 0.15) is 290 Å². The van der Waals surface area contributed by atoms with E-state index < -0.39 is 6.10 Å². The van der Waals surface area contributed by atoms with E-state index in [9.17, 15) is 9.59 Å². The molecule has 0 radical (unpaired) electrons. The van der Waals surface area contributed by atoms with Crippen LogP contribution in [-0.4, -0.2) is 37.9 Å². The largest absolute Gasteiger partial charge is 0.462 e. The van der Waals surface area contributed by atoms with Crippen molar-refractivity contribution in [1.29, 1.82) is 0 Å². The first-order chi connectivity index (χ1) is 35.6. The van der Waals surface area contributed by atoms with Crippen molar-refractivity contribution in [2.24, 2.45) is 0 Å². The van der Waals surface area contributed by atoms with Crippen LogP contribution < -0.4 is 0 Å². The minimum Gasteiger partial charge on any atom is -0.462 e. The third-order valence-corrected chi connectivity index (χ3v) is 13.1. The zero-order chi connectivity index (χ0) is 52.0. The van der Waals surface area contributed by atoms with Gasteiger partial charge in [0, 0.05) is 19.4 Å². The summed E-state index contributed by atoms with van der Waals surface area (Å²) in [5.41, 5.74) is 0. The molecule has 0 amide bonds. The highest BCUT2D eigenvalue weighted by molar-refractivity contribution is 5.70. The van der Waals surface area contributed by atoms with Crippen LogP contribution in [0.25, 0.3) is 0 Å². The third kappa shape index (κ3) is 59.4. The summed E-state index contributed by atoms with van der Waals surface area (Å²) in [7, 11) is 0. The van der Waals surface area contributed by atoms with E-state index in [1.54, 1.807) is 0 Å². The third-order valence-electron chi connectivity index (χ3n) is 13.1. The van der Waals surface area contributed by atoms with Gasteiger partial charge in [0.25, 0.3) is 0 Å². The van der Waals surface area contributed by atoms with Gasteiger partial charge in [-0.25, -0.2) is 0 Å². The highest BCUT2D eigenvalue weighted by Gasteiger charge is 2.17. The summed E-state index contributed by atoms with van der Waals surface area (Å²) < 4.78 is 17.5. The zero-order valence-corrected chi connectivity index (χ0v) is 47.7. The van der Waals surface area contributed by atoms with Crippen molar-refractivity contribution in [3.63, 3.8) is 0 Å². The van der Waals surface area contributed by atoms with Crippen LogP contribution in [0.15, 0.2) is 97.2 Å². The summed E-state index contributed by atoms with van der Waals surface area (Å²) in [6, 6.07) is 0. The Morgan fingerprint density at radius 2 is 0.639 bits per heavy atom. The minimum atomic E-state index is -0.574.